The average molecular weight is 206 g/mol. The van der Waals surface area contributed by atoms with Gasteiger partial charge in [0.25, 0.3) is 0 Å². The second kappa shape index (κ2) is 4.31. The topological polar surface area (TPSA) is 58.3 Å². The Hall–Kier alpha value is -0.900. The van der Waals surface area contributed by atoms with Gasteiger partial charge in [-0.05, 0) is 24.5 Å². The Bertz CT molecular complexity index is 338. The molecule has 1 aromatic carbocycles. The minimum atomic E-state index is -0.311. The number of aliphatic hydroxyl groups is 1. The lowest BCUT2D eigenvalue weighted by atomic mass is 10.1. The molecule has 3 heteroatoms. The lowest BCUT2D eigenvalue weighted by Gasteiger charge is -2.15. The molecule has 0 spiro atoms. The third-order valence-corrected chi connectivity index (χ3v) is 2.92. The number of nitrogens with two attached hydrogens (primary N) is 1. The number of hydrogen-bond donors (Lipinski definition) is 3. The summed E-state index contributed by atoms with van der Waals surface area (Å²) in [6, 6.07) is 8.69. The van der Waals surface area contributed by atoms with E-state index in [-0.39, 0.29) is 12.1 Å². The quantitative estimate of drug-likeness (QED) is 0.694. The van der Waals surface area contributed by atoms with Crippen LogP contribution in [0.3, 0.4) is 0 Å². The van der Waals surface area contributed by atoms with E-state index < -0.39 is 0 Å². The molecular formula is C12H18N2O. The molecule has 15 heavy (non-hydrogen) atoms. The first kappa shape index (κ1) is 10.6. The van der Waals surface area contributed by atoms with Crippen molar-refractivity contribution >= 4 is 0 Å². The first-order chi connectivity index (χ1) is 7.18. The van der Waals surface area contributed by atoms with Gasteiger partial charge >= 0.3 is 0 Å². The van der Waals surface area contributed by atoms with E-state index in [9.17, 15) is 5.11 Å². The molecule has 4 N–H and O–H groups in total. The number of nitrogens with one attached hydrogen (secondary N) is 1. The summed E-state index contributed by atoms with van der Waals surface area (Å²) in [7, 11) is 0. The minimum Gasteiger partial charge on any atom is -0.392 e. The zero-order valence-corrected chi connectivity index (χ0v) is 8.98. The second-order valence-corrected chi connectivity index (χ2v) is 4.28. The van der Waals surface area contributed by atoms with E-state index in [1.165, 1.54) is 11.1 Å². The lowest BCUT2D eigenvalue weighted by Crippen LogP contribution is -2.27. The van der Waals surface area contributed by atoms with Gasteiger partial charge in [0.05, 0.1) is 6.10 Å². The predicted octanol–water partition coefficient (Wildman–Crippen LogP) is 1.10. The third kappa shape index (κ3) is 2.20. The summed E-state index contributed by atoms with van der Waals surface area (Å²) in [6.07, 6.45) is 0.612. The molecule has 0 amide bonds. The van der Waals surface area contributed by atoms with Crippen LogP contribution >= 0.6 is 0 Å². The van der Waals surface area contributed by atoms with Gasteiger partial charge in [-0.1, -0.05) is 24.3 Å². The summed E-state index contributed by atoms with van der Waals surface area (Å²) < 4.78 is 0. The van der Waals surface area contributed by atoms with Crippen molar-refractivity contribution in [2.45, 2.75) is 31.5 Å². The largest absolute Gasteiger partial charge is 0.392 e. The Morgan fingerprint density at radius 1 is 1.47 bits per heavy atom. The van der Waals surface area contributed by atoms with E-state index in [0.717, 1.165) is 6.42 Å². The fraction of sp³-hybridized carbons (Fsp3) is 0.500. The van der Waals surface area contributed by atoms with E-state index in [1.54, 1.807) is 6.92 Å². The molecule has 2 unspecified atom stereocenters. The van der Waals surface area contributed by atoms with Crippen molar-refractivity contribution in [3.05, 3.63) is 35.4 Å². The molecule has 1 aliphatic rings. The Balaban J connectivity index is 2.11. The molecule has 3 nitrogen and oxygen atoms in total. The maximum absolute atomic E-state index is 9.23. The Labute approximate surface area is 90.3 Å². The van der Waals surface area contributed by atoms with Crippen LogP contribution in [0.15, 0.2) is 24.3 Å². The van der Waals surface area contributed by atoms with Crippen LogP contribution in [-0.2, 0) is 0 Å². The normalized spacial score (nSPS) is 26.3. The molecule has 0 saturated carbocycles. The van der Waals surface area contributed by atoms with Gasteiger partial charge in [-0.25, -0.2) is 0 Å². The van der Waals surface area contributed by atoms with Gasteiger partial charge in [0.1, 0.15) is 0 Å². The summed E-state index contributed by atoms with van der Waals surface area (Å²) >= 11 is 0. The van der Waals surface area contributed by atoms with Gasteiger partial charge in [0, 0.05) is 18.6 Å². The molecule has 3 atom stereocenters. The van der Waals surface area contributed by atoms with Crippen LogP contribution in [0.25, 0.3) is 0 Å². The second-order valence-electron chi connectivity index (χ2n) is 4.28. The fourth-order valence-electron chi connectivity index (χ4n) is 2.18. The third-order valence-electron chi connectivity index (χ3n) is 2.92. The standard InChI is InChI=1S/C12H18N2O/c1-8(15)7-14-12-6-11(13)9-4-2-3-5-10(9)12/h2-5,8,11-12,14-15H,6-7,13H2,1H3/t8-,11?,12?/m1/s1. The molecule has 82 valence electrons. The van der Waals surface area contributed by atoms with E-state index >= 15 is 0 Å². The molecule has 0 aliphatic heterocycles. The van der Waals surface area contributed by atoms with Crippen molar-refractivity contribution in [2.24, 2.45) is 5.73 Å². The molecule has 0 radical (unpaired) electrons. The molecule has 0 heterocycles. The summed E-state index contributed by atoms with van der Waals surface area (Å²) in [4.78, 5) is 0. The average Bonchev–Trinajstić information content (AvgIpc) is 2.54. The van der Waals surface area contributed by atoms with E-state index in [2.05, 4.69) is 17.4 Å². The molecule has 1 aliphatic carbocycles. The monoisotopic (exact) mass is 206 g/mol. The van der Waals surface area contributed by atoms with Gasteiger partial charge in [-0.2, -0.15) is 0 Å². The highest BCUT2D eigenvalue weighted by Crippen LogP contribution is 2.36. The first-order valence-electron chi connectivity index (χ1n) is 5.44. The van der Waals surface area contributed by atoms with Crippen molar-refractivity contribution in [3.8, 4) is 0 Å². The first-order valence-corrected chi connectivity index (χ1v) is 5.44. The maximum Gasteiger partial charge on any atom is 0.0636 e. The Kier molecular flexibility index (Phi) is 3.05. The Morgan fingerprint density at radius 2 is 2.13 bits per heavy atom. The predicted molar refractivity (Wildman–Crippen MR) is 60.4 cm³/mol. The zero-order valence-electron chi connectivity index (χ0n) is 8.98. The van der Waals surface area contributed by atoms with E-state index in [4.69, 9.17) is 5.73 Å². The molecule has 0 saturated heterocycles. The minimum absolute atomic E-state index is 0.132. The lowest BCUT2D eigenvalue weighted by molar-refractivity contribution is 0.185. The number of fused-ring (bicyclic) bond motifs is 1. The van der Waals surface area contributed by atoms with Crippen molar-refractivity contribution in [3.63, 3.8) is 0 Å². The molecule has 0 bridgehead atoms. The molecule has 0 aromatic heterocycles. The van der Waals surface area contributed by atoms with Crippen molar-refractivity contribution in [2.75, 3.05) is 6.54 Å². The zero-order chi connectivity index (χ0) is 10.8. The fourth-order valence-corrected chi connectivity index (χ4v) is 2.18. The van der Waals surface area contributed by atoms with Gasteiger partial charge in [-0.15, -0.1) is 0 Å². The van der Waals surface area contributed by atoms with Crippen LogP contribution in [0.1, 0.15) is 36.6 Å². The number of hydrogen-bond acceptors (Lipinski definition) is 3. The van der Waals surface area contributed by atoms with Crippen LogP contribution < -0.4 is 11.1 Å². The van der Waals surface area contributed by atoms with Gasteiger partial charge in [-0.3, -0.25) is 0 Å². The smallest absolute Gasteiger partial charge is 0.0636 e. The summed E-state index contributed by atoms with van der Waals surface area (Å²) in [5, 5.41) is 12.6. The molecular weight excluding hydrogens is 188 g/mol. The van der Waals surface area contributed by atoms with E-state index in [0.29, 0.717) is 12.6 Å². The molecule has 2 rings (SSSR count). The maximum atomic E-state index is 9.23. The SMILES string of the molecule is C[C@@H](O)CNC1CC(N)c2ccccc21. The van der Waals surface area contributed by atoms with Gasteiger partial charge < -0.3 is 16.2 Å². The highest BCUT2D eigenvalue weighted by atomic mass is 16.3. The molecule has 0 fully saturated rings. The van der Waals surface area contributed by atoms with E-state index in [1.807, 2.05) is 12.1 Å². The van der Waals surface area contributed by atoms with Crippen LogP contribution in [0, 0.1) is 0 Å². The van der Waals surface area contributed by atoms with Crippen LogP contribution in [0.5, 0.6) is 0 Å². The van der Waals surface area contributed by atoms with Gasteiger partial charge in [0.2, 0.25) is 0 Å². The van der Waals surface area contributed by atoms with Crippen LogP contribution in [-0.4, -0.2) is 17.8 Å². The molecule has 1 aromatic rings. The van der Waals surface area contributed by atoms with Crippen LogP contribution in [0.4, 0.5) is 0 Å². The van der Waals surface area contributed by atoms with Crippen molar-refractivity contribution < 1.29 is 5.11 Å². The highest BCUT2D eigenvalue weighted by molar-refractivity contribution is 5.37. The summed E-state index contributed by atoms with van der Waals surface area (Å²) in [5.74, 6) is 0. The number of rotatable bonds is 3. The van der Waals surface area contributed by atoms with Crippen molar-refractivity contribution in [1.82, 2.24) is 5.32 Å². The van der Waals surface area contributed by atoms with Crippen LogP contribution in [0.2, 0.25) is 0 Å². The Morgan fingerprint density at radius 3 is 2.80 bits per heavy atom. The summed E-state index contributed by atoms with van der Waals surface area (Å²) in [5.41, 5.74) is 8.56. The summed E-state index contributed by atoms with van der Waals surface area (Å²) in [6.45, 7) is 2.40. The number of aliphatic hydroxyl groups excluding tert-OH is 1. The highest BCUT2D eigenvalue weighted by Gasteiger charge is 2.27. The number of benzene rings is 1. The van der Waals surface area contributed by atoms with Crippen molar-refractivity contribution in [1.29, 1.82) is 0 Å². The van der Waals surface area contributed by atoms with Gasteiger partial charge in [0.15, 0.2) is 0 Å².